The number of hydrogen-bond donors (Lipinski definition) is 1. The number of hydrogen-bond acceptors (Lipinski definition) is 7. The summed E-state index contributed by atoms with van der Waals surface area (Å²) < 4.78 is 34.2. The Kier molecular flexibility index (Phi) is 6.07. The molecule has 2 heterocycles. The van der Waals surface area contributed by atoms with Gasteiger partial charge in [0.15, 0.2) is 0 Å². The van der Waals surface area contributed by atoms with Gasteiger partial charge in [0.25, 0.3) is 0 Å². The van der Waals surface area contributed by atoms with Crippen LogP contribution in [0, 0.1) is 6.92 Å². The zero-order valence-electron chi connectivity index (χ0n) is 16.9. The maximum absolute atomic E-state index is 13.0. The van der Waals surface area contributed by atoms with Gasteiger partial charge in [0, 0.05) is 18.8 Å². The fourth-order valence-electron chi connectivity index (χ4n) is 3.32. The van der Waals surface area contributed by atoms with Gasteiger partial charge in [-0.2, -0.15) is 4.31 Å². The zero-order valence-corrected chi connectivity index (χ0v) is 17.7. The van der Waals surface area contributed by atoms with Crippen LogP contribution in [0.1, 0.15) is 11.1 Å². The third-order valence-corrected chi connectivity index (χ3v) is 7.01. The molecule has 0 unspecified atom stereocenters. The Morgan fingerprint density at radius 1 is 1.13 bits per heavy atom. The molecule has 11 heteroatoms. The Bertz CT molecular complexity index is 1160. The Hall–Kier alpha value is -3.15. The quantitative estimate of drug-likeness (QED) is 0.609. The highest BCUT2D eigenvalue weighted by Crippen LogP contribution is 2.24. The predicted molar refractivity (Wildman–Crippen MR) is 112 cm³/mol. The number of rotatable bonds is 6. The lowest BCUT2D eigenvalue weighted by Gasteiger charge is -2.26. The standard InChI is InChI=1S/C20H22N6O4S/c1-15-2-5-17(13-19(15)31(28,29)25-8-10-30-11-9-25)22-20(27)12-16-3-6-18(7-4-16)26-14-21-23-24-26/h2-7,13-14H,8-12H2,1H3,(H,22,27). The Morgan fingerprint density at radius 3 is 2.55 bits per heavy atom. The van der Waals surface area contributed by atoms with Crippen LogP contribution in [0.15, 0.2) is 53.7 Å². The first-order valence-electron chi connectivity index (χ1n) is 9.74. The molecule has 1 amide bonds. The van der Waals surface area contributed by atoms with E-state index in [4.69, 9.17) is 4.74 Å². The van der Waals surface area contributed by atoms with Crippen LogP contribution in [0.5, 0.6) is 0 Å². The number of aromatic nitrogens is 4. The van der Waals surface area contributed by atoms with E-state index in [2.05, 4.69) is 20.8 Å². The second-order valence-electron chi connectivity index (χ2n) is 7.14. The molecule has 1 aromatic heterocycles. The number of aryl methyl sites for hydroxylation is 1. The van der Waals surface area contributed by atoms with E-state index < -0.39 is 10.0 Å². The summed E-state index contributed by atoms with van der Waals surface area (Å²) in [6, 6.07) is 12.2. The van der Waals surface area contributed by atoms with Crippen LogP contribution >= 0.6 is 0 Å². The van der Waals surface area contributed by atoms with Gasteiger partial charge in [-0.1, -0.05) is 18.2 Å². The normalized spacial score (nSPS) is 15.0. The van der Waals surface area contributed by atoms with E-state index in [0.717, 1.165) is 11.3 Å². The molecule has 0 spiro atoms. The zero-order chi connectivity index (χ0) is 21.8. The minimum absolute atomic E-state index is 0.148. The van der Waals surface area contributed by atoms with Crippen molar-refractivity contribution in [1.82, 2.24) is 24.5 Å². The number of benzene rings is 2. The van der Waals surface area contributed by atoms with Crippen molar-refractivity contribution in [2.75, 3.05) is 31.6 Å². The van der Waals surface area contributed by atoms with E-state index in [1.807, 2.05) is 24.3 Å². The topological polar surface area (TPSA) is 119 Å². The molecule has 1 saturated heterocycles. The van der Waals surface area contributed by atoms with Crippen molar-refractivity contribution in [1.29, 1.82) is 0 Å². The fourth-order valence-corrected chi connectivity index (χ4v) is 4.98. The van der Waals surface area contributed by atoms with Crippen molar-refractivity contribution in [2.24, 2.45) is 0 Å². The van der Waals surface area contributed by atoms with Gasteiger partial charge in [0.2, 0.25) is 15.9 Å². The lowest BCUT2D eigenvalue weighted by Crippen LogP contribution is -2.40. The van der Waals surface area contributed by atoms with Gasteiger partial charge in [0.1, 0.15) is 6.33 Å². The molecule has 31 heavy (non-hydrogen) atoms. The van der Waals surface area contributed by atoms with Crippen LogP contribution in [0.3, 0.4) is 0 Å². The van der Waals surface area contributed by atoms with Crippen LogP contribution in [0.25, 0.3) is 5.69 Å². The average Bonchev–Trinajstić information content (AvgIpc) is 3.31. The molecule has 10 nitrogen and oxygen atoms in total. The molecule has 0 atom stereocenters. The molecule has 4 rings (SSSR count). The van der Waals surface area contributed by atoms with E-state index in [0.29, 0.717) is 37.6 Å². The second-order valence-corrected chi connectivity index (χ2v) is 9.05. The second kappa shape index (κ2) is 8.92. The Labute approximate surface area is 179 Å². The van der Waals surface area contributed by atoms with Crippen LogP contribution < -0.4 is 5.32 Å². The van der Waals surface area contributed by atoms with E-state index in [1.54, 1.807) is 19.1 Å². The average molecular weight is 443 g/mol. The third kappa shape index (κ3) is 4.79. The van der Waals surface area contributed by atoms with Gasteiger partial charge in [-0.15, -0.1) is 5.10 Å². The molecule has 1 fully saturated rings. The summed E-state index contributed by atoms with van der Waals surface area (Å²) in [5.74, 6) is -0.242. The number of sulfonamides is 1. The maximum Gasteiger partial charge on any atom is 0.243 e. The van der Waals surface area contributed by atoms with Crippen LogP contribution in [0.2, 0.25) is 0 Å². The van der Waals surface area contributed by atoms with Crippen molar-refractivity contribution >= 4 is 21.6 Å². The summed E-state index contributed by atoms with van der Waals surface area (Å²) >= 11 is 0. The summed E-state index contributed by atoms with van der Waals surface area (Å²) in [7, 11) is -3.65. The molecule has 0 aliphatic carbocycles. The van der Waals surface area contributed by atoms with E-state index in [9.17, 15) is 13.2 Å². The molecule has 2 aromatic carbocycles. The maximum atomic E-state index is 13.0. The highest BCUT2D eigenvalue weighted by Gasteiger charge is 2.28. The summed E-state index contributed by atoms with van der Waals surface area (Å²) in [6.45, 7) is 3.13. The Morgan fingerprint density at radius 2 is 1.87 bits per heavy atom. The molecular weight excluding hydrogens is 420 g/mol. The van der Waals surface area contributed by atoms with Crippen LogP contribution in [-0.2, 0) is 26.0 Å². The summed E-state index contributed by atoms with van der Waals surface area (Å²) in [5, 5.41) is 13.8. The number of nitrogens with one attached hydrogen (secondary N) is 1. The first kappa shape index (κ1) is 21.1. The highest BCUT2D eigenvalue weighted by atomic mass is 32.2. The Balaban J connectivity index is 1.45. The SMILES string of the molecule is Cc1ccc(NC(=O)Cc2ccc(-n3cnnn3)cc2)cc1S(=O)(=O)N1CCOCC1. The molecule has 162 valence electrons. The number of tetrazole rings is 1. The van der Waals surface area contributed by atoms with E-state index in [-0.39, 0.29) is 17.2 Å². The minimum atomic E-state index is -3.65. The smallest absolute Gasteiger partial charge is 0.243 e. The van der Waals surface area contributed by atoms with Gasteiger partial charge >= 0.3 is 0 Å². The van der Waals surface area contributed by atoms with Gasteiger partial charge in [-0.25, -0.2) is 13.1 Å². The number of morpholine rings is 1. The van der Waals surface area contributed by atoms with E-state index in [1.165, 1.54) is 21.4 Å². The van der Waals surface area contributed by atoms with Crippen LogP contribution in [-0.4, -0.2) is 65.1 Å². The molecule has 0 bridgehead atoms. The van der Waals surface area contributed by atoms with Crippen molar-refractivity contribution in [2.45, 2.75) is 18.2 Å². The van der Waals surface area contributed by atoms with Gasteiger partial charge < -0.3 is 10.1 Å². The molecule has 1 aliphatic heterocycles. The van der Waals surface area contributed by atoms with Gasteiger partial charge in [-0.3, -0.25) is 4.79 Å². The number of nitrogens with zero attached hydrogens (tertiary/aromatic N) is 5. The van der Waals surface area contributed by atoms with Crippen molar-refractivity contribution in [3.8, 4) is 5.69 Å². The first-order chi connectivity index (χ1) is 14.9. The number of ether oxygens (including phenoxy) is 1. The number of anilines is 1. The third-order valence-electron chi connectivity index (χ3n) is 4.97. The van der Waals surface area contributed by atoms with Crippen molar-refractivity contribution in [3.63, 3.8) is 0 Å². The van der Waals surface area contributed by atoms with Gasteiger partial charge in [-0.05, 0) is 52.7 Å². The first-order valence-corrected chi connectivity index (χ1v) is 11.2. The van der Waals surface area contributed by atoms with E-state index >= 15 is 0 Å². The molecule has 0 saturated carbocycles. The largest absolute Gasteiger partial charge is 0.379 e. The lowest BCUT2D eigenvalue weighted by molar-refractivity contribution is -0.115. The highest BCUT2D eigenvalue weighted by molar-refractivity contribution is 7.89. The molecule has 1 aliphatic rings. The molecule has 3 aromatic rings. The number of carbonyl (C=O) groups is 1. The van der Waals surface area contributed by atoms with Crippen LogP contribution in [0.4, 0.5) is 5.69 Å². The molecule has 1 N–H and O–H groups in total. The summed E-state index contributed by atoms with van der Waals surface area (Å²) in [4.78, 5) is 12.7. The minimum Gasteiger partial charge on any atom is -0.379 e. The fraction of sp³-hybridized carbons (Fsp3) is 0.300. The lowest BCUT2D eigenvalue weighted by atomic mass is 10.1. The monoisotopic (exact) mass is 442 g/mol. The number of carbonyl (C=O) groups excluding carboxylic acids is 1. The van der Waals surface area contributed by atoms with Gasteiger partial charge in [0.05, 0.1) is 30.2 Å². The molecular formula is C20H22N6O4S. The van der Waals surface area contributed by atoms with Crippen molar-refractivity contribution < 1.29 is 17.9 Å². The van der Waals surface area contributed by atoms with Crippen molar-refractivity contribution in [3.05, 3.63) is 59.9 Å². The predicted octanol–water partition coefficient (Wildman–Crippen LogP) is 1.17. The number of amides is 1. The molecule has 0 radical (unpaired) electrons. The summed E-state index contributed by atoms with van der Waals surface area (Å²) in [5.41, 5.74) is 2.66. The summed E-state index contributed by atoms with van der Waals surface area (Å²) in [6.07, 6.45) is 1.64.